The van der Waals surface area contributed by atoms with Crippen LogP contribution in [0.2, 0.25) is 0 Å². The van der Waals surface area contributed by atoms with Crippen molar-refractivity contribution in [3.63, 3.8) is 0 Å². The molecule has 0 saturated carbocycles. The lowest BCUT2D eigenvalue weighted by molar-refractivity contribution is 0.476. The van der Waals surface area contributed by atoms with Crippen LogP contribution in [-0.4, -0.2) is 12.0 Å². The number of hydrogen-bond acceptors (Lipinski definition) is 4. The van der Waals surface area contributed by atoms with Gasteiger partial charge in [-0.15, -0.1) is 11.3 Å². The van der Waals surface area contributed by atoms with Gasteiger partial charge in [0.05, 0.1) is 6.04 Å². The lowest BCUT2D eigenvalue weighted by Gasteiger charge is -2.12. The predicted molar refractivity (Wildman–Crippen MR) is 81.5 cm³/mol. The van der Waals surface area contributed by atoms with Gasteiger partial charge in [-0.2, -0.15) is 0 Å². The molecule has 0 fully saturated rings. The molecule has 1 N–H and O–H groups in total. The SMILES string of the molecule is CNC(Cc1nc2ccccc2o1)c1sccc1Br. The molecule has 2 aromatic heterocycles. The van der Waals surface area contributed by atoms with Gasteiger partial charge in [0.2, 0.25) is 0 Å². The second-order valence-electron chi connectivity index (χ2n) is 4.25. The first kappa shape index (κ1) is 12.8. The Morgan fingerprint density at radius 2 is 2.21 bits per heavy atom. The molecule has 1 atom stereocenters. The Morgan fingerprint density at radius 1 is 1.37 bits per heavy atom. The van der Waals surface area contributed by atoms with Crippen LogP contribution in [0, 0.1) is 0 Å². The fourth-order valence-electron chi connectivity index (χ4n) is 2.06. The van der Waals surface area contributed by atoms with Crippen LogP contribution in [0.25, 0.3) is 11.1 Å². The fraction of sp³-hybridized carbons (Fsp3) is 0.214. The van der Waals surface area contributed by atoms with E-state index >= 15 is 0 Å². The van der Waals surface area contributed by atoms with Crippen molar-refractivity contribution in [2.45, 2.75) is 12.5 Å². The number of nitrogens with one attached hydrogen (secondary N) is 1. The fourth-order valence-corrected chi connectivity index (χ4v) is 3.82. The minimum absolute atomic E-state index is 0.211. The van der Waals surface area contributed by atoms with E-state index in [4.69, 9.17) is 4.42 Å². The second kappa shape index (κ2) is 5.45. The number of benzene rings is 1. The Bertz CT molecular complexity index is 658. The molecule has 98 valence electrons. The maximum Gasteiger partial charge on any atom is 0.197 e. The largest absolute Gasteiger partial charge is 0.441 e. The van der Waals surface area contributed by atoms with Gasteiger partial charge in [0.25, 0.3) is 0 Å². The Hall–Kier alpha value is -1.17. The molecule has 3 rings (SSSR count). The summed E-state index contributed by atoms with van der Waals surface area (Å²) in [5, 5.41) is 5.40. The number of thiophene rings is 1. The van der Waals surface area contributed by atoms with Gasteiger partial charge in [0.1, 0.15) is 5.52 Å². The van der Waals surface area contributed by atoms with E-state index in [0.29, 0.717) is 0 Å². The summed E-state index contributed by atoms with van der Waals surface area (Å²) < 4.78 is 6.91. The Labute approximate surface area is 123 Å². The molecule has 0 aliphatic carbocycles. The molecular weight excluding hydrogens is 324 g/mol. The summed E-state index contributed by atoms with van der Waals surface area (Å²) in [5.74, 6) is 0.765. The van der Waals surface area contributed by atoms with Gasteiger partial charge in [-0.25, -0.2) is 4.98 Å². The van der Waals surface area contributed by atoms with E-state index in [1.54, 1.807) is 11.3 Å². The number of likely N-dealkylation sites (N-methyl/N-ethyl adjacent to an activating group) is 1. The second-order valence-corrected chi connectivity index (χ2v) is 6.06. The summed E-state index contributed by atoms with van der Waals surface area (Å²) in [6.45, 7) is 0. The van der Waals surface area contributed by atoms with Gasteiger partial charge in [0.15, 0.2) is 11.5 Å². The van der Waals surface area contributed by atoms with Crippen molar-refractivity contribution in [3.8, 4) is 0 Å². The van der Waals surface area contributed by atoms with E-state index in [1.165, 1.54) is 4.88 Å². The van der Waals surface area contributed by atoms with Crippen LogP contribution in [0.5, 0.6) is 0 Å². The van der Waals surface area contributed by atoms with Crippen LogP contribution < -0.4 is 5.32 Å². The van der Waals surface area contributed by atoms with Gasteiger partial charge >= 0.3 is 0 Å². The van der Waals surface area contributed by atoms with Crippen molar-refractivity contribution >= 4 is 38.4 Å². The van der Waals surface area contributed by atoms with Crippen LogP contribution in [0.4, 0.5) is 0 Å². The number of rotatable bonds is 4. The van der Waals surface area contributed by atoms with Gasteiger partial charge in [-0.3, -0.25) is 0 Å². The third-order valence-electron chi connectivity index (χ3n) is 3.03. The average Bonchev–Trinajstić information content (AvgIpc) is 3.01. The van der Waals surface area contributed by atoms with Crippen molar-refractivity contribution in [1.82, 2.24) is 10.3 Å². The first-order chi connectivity index (χ1) is 9.28. The van der Waals surface area contributed by atoms with Gasteiger partial charge < -0.3 is 9.73 Å². The van der Waals surface area contributed by atoms with E-state index in [1.807, 2.05) is 31.3 Å². The summed E-state index contributed by atoms with van der Waals surface area (Å²) in [6.07, 6.45) is 0.740. The number of aromatic nitrogens is 1. The number of oxazole rings is 1. The maximum atomic E-state index is 5.78. The van der Waals surface area contributed by atoms with Crippen LogP contribution in [0.3, 0.4) is 0 Å². The highest BCUT2D eigenvalue weighted by Crippen LogP contribution is 2.31. The topological polar surface area (TPSA) is 38.1 Å². The quantitative estimate of drug-likeness (QED) is 0.777. The maximum absolute atomic E-state index is 5.78. The molecule has 1 unspecified atom stereocenters. The molecule has 3 nitrogen and oxygen atoms in total. The summed E-state index contributed by atoms with van der Waals surface area (Å²) in [4.78, 5) is 5.79. The molecule has 0 saturated heterocycles. The van der Waals surface area contributed by atoms with E-state index in [0.717, 1.165) is 27.9 Å². The van der Waals surface area contributed by atoms with Crippen molar-refractivity contribution in [2.75, 3.05) is 7.05 Å². The number of para-hydroxylation sites is 2. The summed E-state index contributed by atoms with van der Waals surface area (Å²) in [7, 11) is 1.96. The Morgan fingerprint density at radius 3 is 2.89 bits per heavy atom. The zero-order valence-electron chi connectivity index (χ0n) is 10.4. The number of fused-ring (bicyclic) bond motifs is 1. The van der Waals surface area contributed by atoms with Gasteiger partial charge in [0, 0.05) is 15.8 Å². The first-order valence-corrected chi connectivity index (χ1v) is 7.70. The number of nitrogens with zero attached hydrogens (tertiary/aromatic N) is 1. The minimum Gasteiger partial charge on any atom is -0.441 e. The average molecular weight is 337 g/mol. The minimum atomic E-state index is 0.211. The normalized spacial score (nSPS) is 12.9. The smallest absolute Gasteiger partial charge is 0.197 e. The molecule has 2 heterocycles. The molecule has 0 aliphatic rings. The van der Waals surface area contributed by atoms with E-state index in [-0.39, 0.29) is 6.04 Å². The summed E-state index contributed by atoms with van der Waals surface area (Å²) >= 11 is 5.30. The van der Waals surface area contributed by atoms with Crippen LogP contribution in [0.15, 0.2) is 44.6 Å². The Balaban J connectivity index is 1.88. The predicted octanol–water partition coefficient (Wildman–Crippen LogP) is 4.16. The molecule has 0 amide bonds. The molecule has 19 heavy (non-hydrogen) atoms. The monoisotopic (exact) mass is 336 g/mol. The van der Waals surface area contributed by atoms with Crippen molar-refractivity contribution in [3.05, 3.63) is 51.0 Å². The highest BCUT2D eigenvalue weighted by molar-refractivity contribution is 9.10. The number of hydrogen-bond donors (Lipinski definition) is 1. The molecule has 3 aromatic rings. The highest BCUT2D eigenvalue weighted by Gasteiger charge is 2.17. The third kappa shape index (κ3) is 2.59. The molecule has 1 aromatic carbocycles. The zero-order chi connectivity index (χ0) is 13.2. The standard InChI is InChI=1S/C14H13BrN2OS/c1-16-11(14-9(15)6-7-19-14)8-13-17-10-4-2-3-5-12(10)18-13/h2-7,11,16H,8H2,1H3. The van der Waals surface area contributed by atoms with E-state index < -0.39 is 0 Å². The number of halogens is 1. The molecule has 5 heteroatoms. The lowest BCUT2D eigenvalue weighted by Crippen LogP contribution is -2.18. The van der Waals surface area contributed by atoms with E-state index in [2.05, 4.69) is 37.7 Å². The Kier molecular flexibility index (Phi) is 3.68. The molecule has 0 bridgehead atoms. The van der Waals surface area contributed by atoms with E-state index in [9.17, 15) is 0 Å². The summed E-state index contributed by atoms with van der Waals surface area (Å²) in [6, 6.07) is 10.1. The molecule has 0 aliphatic heterocycles. The lowest BCUT2D eigenvalue weighted by atomic mass is 10.2. The van der Waals surface area contributed by atoms with Crippen molar-refractivity contribution in [1.29, 1.82) is 0 Å². The third-order valence-corrected chi connectivity index (χ3v) is 5.01. The summed E-state index contributed by atoms with van der Waals surface area (Å²) in [5.41, 5.74) is 1.76. The molecule has 0 radical (unpaired) electrons. The van der Waals surface area contributed by atoms with Crippen LogP contribution in [0.1, 0.15) is 16.8 Å². The zero-order valence-corrected chi connectivity index (χ0v) is 12.8. The van der Waals surface area contributed by atoms with Gasteiger partial charge in [-0.05, 0) is 46.6 Å². The van der Waals surface area contributed by atoms with Gasteiger partial charge in [-0.1, -0.05) is 12.1 Å². The molecule has 0 spiro atoms. The highest BCUT2D eigenvalue weighted by atomic mass is 79.9. The first-order valence-electron chi connectivity index (χ1n) is 6.02. The molecular formula is C14H13BrN2OS. The van der Waals surface area contributed by atoms with Crippen LogP contribution >= 0.6 is 27.3 Å². The van der Waals surface area contributed by atoms with Crippen LogP contribution in [-0.2, 0) is 6.42 Å². The van der Waals surface area contributed by atoms with Crippen molar-refractivity contribution in [2.24, 2.45) is 0 Å². The van der Waals surface area contributed by atoms with Crippen molar-refractivity contribution < 1.29 is 4.42 Å².